The Labute approximate surface area is 116 Å². The molecule has 20 heavy (non-hydrogen) atoms. The van der Waals surface area contributed by atoms with Crippen molar-refractivity contribution in [3.63, 3.8) is 0 Å². The third-order valence-electron chi connectivity index (χ3n) is 3.28. The van der Waals surface area contributed by atoms with Crippen LogP contribution in [0.5, 0.6) is 5.75 Å². The number of hydrogen-bond donors (Lipinski definition) is 3. The molecule has 1 heterocycles. The third-order valence-corrected chi connectivity index (χ3v) is 3.28. The summed E-state index contributed by atoms with van der Waals surface area (Å²) in [6.45, 7) is -0.851. The molecule has 5 nitrogen and oxygen atoms in total. The summed E-state index contributed by atoms with van der Waals surface area (Å²) in [5.41, 5.74) is 0.617. The maximum absolute atomic E-state index is 12.1. The van der Waals surface area contributed by atoms with E-state index in [2.05, 4.69) is 0 Å². The van der Waals surface area contributed by atoms with E-state index in [0.717, 1.165) is 0 Å². The van der Waals surface area contributed by atoms with Crippen LogP contribution in [0.2, 0.25) is 0 Å². The molecule has 0 bridgehead atoms. The van der Waals surface area contributed by atoms with E-state index in [-0.39, 0.29) is 19.6 Å². The molecule has 112 valence electrons. The van der Waals surface area contributed by atoms with E-state index in [9.17, 15) is 14.6 Å². The second kappa shape index (κ2) is 6.99. The summed E-state index contributed by atoms with van der Waals surface area (Å²) >= 11 is 0. The van der Waals surface area contributed by atoms with Crippen molar-refractivity contribution in [1.82, 2.24) is 0 Å². The highest BCUT2D eigenvalue weighted by Crippen LogP contribution is 2.33. The second-order valence-electron chi connectivity index (χ2n) is 4.76. The highest BCUT2D eigenvalue weighted by molar-refractivity contribution is 5.31. The summed E-state index contributed by atoms with van der Waals surface area (Å²) in [5.74, 6) is 0.469. The predicted octanol–water partition coefficient (Wildman–Crippen LogP) is 0.579. The zero-order valence-corrected chi connectivity index (χ0v) is 11.0. The quantitative estimate of drug-likeness (QED) is 0.738. The van der Waals surface area contributed by atoms with Crippen LogP contribution in [0.25, 0.3) is 0 Å². The Bertz CT molecular complexity index is 428. The van der Waals surface area contributed by atoms with E-state index in [0.29, 0.717) is 11.3 Å². The number of rotatable bonds is 5. The minimum atomic E-state index is -1.07. The summed E-state index contributed by atoms with van der Waals surface area (Å²) in [6.07, 6.45) is -3.11. The van der Waals surface area contributed by atoms with Crippen molar-refractivity contribution in [3.05, 3.63) is 29.8 Å². The zero-order chi connectivity index (χ0) is 14.5. The van der Waals surface area contributed by atoms with Crippen LogP contribution in [0.4, 0.5) is 4.39 Å². The van der Waals surface area contributed by atoms with Crippen molar-refractivity contribution < 1.29 is 29.2 Å². The number of ether oxygens (including phenoxy) is 2. The van der Waals surface area contributed by atoms with E-state index in [1.807, 2.05) is 0 Å². The molecule has 1 aliphatic heterocycles. The van der Waals surface area contributed by atoms with Crippen molar-refractivity contribution in [2.45, 2.75) is 30.8 Å². The van der Waals surface area contributed by atoms with Gasteiger partial charge in [0, 0.05) is 6.42 Å². The summed E-state index contributed by atoms with van der Waals surface area (Å²) in [7, 11) is 0. The summed E-state index contributed by atoms with van der Waals surface area (Å²) in [5, 5.41) is 29.0. The smallest absolute Gasteiger partial charge is 0.123 e. The van der Waals surface area contributed by atoms with Gasteiger partial charge >= 0.3 is 0 Å². The Kier molecular flexibility index (Phi) is 5.31. The van der Waals surface area contributed by atoms with Crippen LogP contribution in [0.1, 0.15) is 18.1 Å². The van der Waals surface area contributed by atoms with E-state index in [4.69, 9.17) is 14.6 Å². The summed E-state index contributed by atoms with van der Waals surface area (Å²) in [4.78, 5) is 0. The molecule has 3 N–H and O–H groups in total. The molecular weight excluding hydrogens is 267 g/mol. The first kappa shape index (κ1) is 15.2. The van der Waals surface area contributed by atoms with Crippen molar-refractivity contribution >= 4 is 0 Å². The first-order chi connectivity index (χ1) is 9.65. The molecule has 1 aliphatic rings. The lowest BCUT2D eigenvalue weighted by Crippen LogP contribution is -2.44. The van der Waals surface area contributed by atoms with Gasteiger partial charge in [-0.15, -0.1) is 0 Å². The molecule has 0 aliphatic carbocycles. The maximum Gasteiger partial charge on any atom is 0.123 e. The van der Waals surface area contributed by atoms with Crippen molar-refractivity contribution in [3.8, 4) is 5.75 Å². The van der Waals surface area contributed by atoms with Crippen molar-refractivity contribution in [2.75, 3.05) is 19.9 Å². The fourth-order valence-electron chi connectivity index (χ4n) is 2.28. The van der Waals surface area contributed by atoms with Crippen molar-refractivity contribution in [2.24, 2.45) is 0 Å². The van der Waals surface area contributed by atoms with Gasteiger partial charge in [-0.05, 0) is 17.7 Å². The first-order valence-corrected chi connectivity index (χ1v) is 6.57. The average Bonchev–Trinajstić information content (AvgIpc) is 2.48. The van der Waals surface area contributed by atoms with Gasteiger partial charge in [-0.3, -0.25) is 0 Å². The van der Waals surface area contributed by atoms with E-state index >= 15 is 0 Å². The van der Waals surface area contributed by atoms with Gasteiger partial charge in [0.25, 0.3) is 0 Å². The molecule has 4 atom stereocenters. The molecule has 0 amide bonds. The molecule has 6 heteroatoms. The van der Waals surface area contributed by atoms with E-state index in [1.54, 1.807) is 24.3 Å². The zero-order valence-electron chi connectivity index (χ0n) is 11.0. The molecular formula is C14H19FO5. The van der Waals surface area contributed by atoms with Crippen LogP contribution in [0, 0.1) is 0 Å². The average molecular weight is 286 g/mol. The van der Waals surface area contributed by atoms with Gasteiger partial charge in [-0.25, -0.2) is 4.39 Å². The fourth-order valence-corrected chi connectivity index (χ4v) is 2.28. The predicted molar refractivity (Wildman–Crippen MR) is 69.2 cm³/mol. The molecule has 0 aromatic heterocycles. The van der Waals surface area contributed by atoms with Gasteiger partial charge < -0.3 is 24.8 Å². The number of hydrogen-bond acceptors (Lipinski definition) is 5. The van der Waals surface area contributed by atoms with Crippen LogP contribution in [0.3, 0.4) is 0 Å². The number of aliphatic hydroxyl groups excluding tert-OH is 3. The third kappa shape index (κ3) is 3.46. The van der Waals surface area contributed by atoms with Gasteiger partial charge in [0.05, 0.1) is 18.8 Å². The van der Waals surface area contributed by atoms with Crippen LogP contribution in [-0.2, 0) is 4.74 Å². The minimum Gasteiger partial charge on any atom is -0.491 e. The SMILES string of the molecule is OC[C@@H]1C[C@H](O)[C@H](O)C(c2cccc(OCCF)c2)O1. The number of aliphatic hydroxyl groups is 3. The molecule has 0 saturated carbocycles. The van der Waals surface area contributed by atoms with Gasteiger partial charge in [0.2, 0.25) is 0 Å². The van der Waals surface area contributed by atoms with Gasteiger partial charge in [0.15, 0.2) is 0 Å². The lowest BCUT2D eigenvalue weighted by Gasteiger charge is -2.36. The molecule has 0 spiro atoms. The van der Waals surface area contributed by atoms with Gasteiger partial charge in [-0.1, -0.05) is 12.1 Å². The number of halogens is 1. The number of benzene rings is 1. The number of alkyl halides is 1. The lowest BCUT2D eigenvalue weighted by molar-refractivity contribution is -0.179. The normalized spacial score (nSPS) is 30.2. The molecule has 1 unspecified atom stereocenters. The maximum atomic E-state index is 12.1. The summed E-state index contributed by atoms with van der Waals surface area (Å²) < 4.78 is 22.8. The Morgan fingerprint density at radius 2 is 2.15 bits per heavy atom. The monoisotopic (exact) mass is 286 g/mol. The standard InChI is InChI=1S/C14H19FO5/c15-4-5-19-10-3-1-2-9(6-10)14-13(18)12(17)7-11(8-16)20-14/h1-3,6,11-14,16-18H,4-5,7-8H2/t11-,12-,13-,14?/m0/s1. The molecule has 1 aromatic rings. The summed E-state index contributed by atoms with van der Waals surface area (Å²) in [6, 6.07) is 6.74. The molecule has 0 radical (unpaired) electrons. The largest absolute Gasteiger partial charge is 0.491 e. The van der Waals surface area contributed by atoms with Crippen LogP contribution >= 0.6 is 0 Å². The Morgan fingerprint density at radius 1 is 1.35 bits per heavy atom. The highest BCUT2D eigenvalue weighted by Gasteiger charge is 2.37. The molecule has 1 fully saturated rings. The Balaban J connectivity index is 2.15. The van der Waals surface area contributed by atoms with Crippen LogP contribution in [-0.4, -0.2) is 53.5 Å². The fraction of sp³-hybridized carbons (Fsp3) is 0.571. The molecule has 1 aromatic carbocycles. The van der Waals surface area contributed by atoms with Gasteiger partial charge in [-0.2, -0.15) is 0 Å². The minimum absolute atomic E-state index is 0.0422. The topological polar surface area (TPSA) is 79.2 Å². The van der Waals surface area contributed by atoms with Gasteiger partial charge in [0.1, 0.15) is 31.2 Å². The first-order valence-electron chi connectivity index (χ1n) is 6.57. The van der Waals surface area contributed by atoms with E-state index in [1.165, 1.54) is 0 Å². The van der Waals surface area contributed by atoms with Crippen molar-refractivity contribution in [1.29, 1.82) is 0 Å². The Morgan fingerprint density at radius 3 is 2.85 bits per heavy atom. The lowest BCUT2D eigenvalue weighted by atomic mass is 9.93. The van der Waals surface area contributed by atoms with Crippen LogP contribution < -0.4 is 4.74 Å². The molecule has 1 saturated heterocycles. The van der Waals surface area contributed by atoms with Crippen LogP contribution in [0.15, 0.2) is 24.3 Å². The second-order valence-corrected chi connectivity index (χ2v) is 4.76. The molecule has 2 rings (SSSR count). The Hall–Kier alpha value is -1.21. The highest BCUT2D eigenvalue weighted by atomic mass is 19.1. The van der Waals surface area contributed by atoms with E-state index < -0.39 is 31.1 Å².